The molecular weight excluding hydrogens is 564 g/mol. The Kier molecular flexibility index (Phi) is 13.2. The Morgan fingerprint density at radius 2 is 0.909 bits per heavy atom. The Hall–Kier alpha value is -4.86. The molecule has 1 aliphatic rings. The monoisotopic (exact) mass is 606 g/mol. The summed E-state index contributed by atoms with van der Waals surface area (Å²) < 4.78 is 32.2. The fourth-order valence-corrected chi connectivity index (χ4v) is 4.95. The number of carbonyl (C=O) groups excluding carboxylic acids is 2. The van der Waals surface area contributed by atoms with Gasteiger partial charge in [-0.1, -0.05) is 49.3 Å². The van der Waals surface area contributed by atoms with Crippen LogP contribution in [0.4, 0.5) is 0 Å². The number of amides is 2. The minimum absolute atomic E-state index is 0.160. The lowest BCUT2D eigenvalue weighted by Gasteiger charge is -2.32. The lowest BCUT2D eigenvalue weighted by molar-refractivity contribution is -0.120. The third kappa shape index (κ3) is 9.32. The highest BCUT2D eigenvalue weighted by molar-refractivity contribution is 5.89. The van der Waals surface area contributed by atoms with Crippen LogP contribution < -0.4 is 39.1 Å². The summed E-state index contributed by atoms with van der Waals surface area (Å²) in [5.41, 5.74) is 1.65. The molecule has 0 radical (unpaired) electrons. The molecule has 2 aromatic rings. The third-order valence-corrected chi connectivity index (χ3v) is 7.09. The number of carbonyl (C=O) groups is 2. The van der Waals surface area contributed by atoms with E-state index in [0.717, 1.165) is 36.8 Å². The third-order valence-electron chi connectivity index (χ3n) is 7.09. The molecule has 1 saturated carbocycles. The van der Waals surface area contributed by atoms with Gasteiger partial charge in [0.1, 0.15) is 0 Å². The summed E-state index contributed by atoms with van der Waals surface area (Å²) in [6.07, 6.45) is 17.0. The molecule has 2 unspecified atom stereocenters. The number of nitrogens with one attached hydrogen (secondary N) is 2. The second kappa shape index (κ2) is 17.3. The molecule has 236 valence electrons. The topological polar surface area (TPSA) is 114 Å². The average molecular weight is 607 g/mol. The van der Waals surface area contributed by atoms with Crippen LogP contribution in [0.2, 0.25) is 0 Å². The van der Waals surface area contributed by atoms with Gasteiger partial charge in [-0.2, -0.15) is 0 Å². The first-order chi connectivity index (χ1) is 21.4. The standard InChI is InChI=1S/C34H42N2O8/c1-39-27-19-23(20-28(40-2)33(27)43-5)13-7-11-17-31(37)35-25-15-9-10-16-26(25)36-32(38)18-12-8-14-24-21-29(41-3)34(44-6)30(22-24)42-4/h7-8,11-14,17-22,25-26H,9-10,15-16H2,1-6H3,(H,35,37)(H,36,38)/b13-7+,14-8+,17-11+,18-12+. The van der Waals surface area contributed by atoms with Crippen molar-refractivity contribution in [2.24, 2.45) is 0 Å². The van der Waals surface area contributed by atoms with E-state index in [-0.39, 0.29) is 23.9 Å². The van der Waals surface area contributed by atoms with Crippen molar-refractivity contribution >= 4 is 24.0 Å². The lowest BCUT2D eigenvalue weighted by Crippen LogP contribution is -2.52. The lowest BCUT2D eigenvalue weighted by atomic mass is 9.90. The van der Waals surface area contributed by atoms with Crippen LogP contribution in [0.1, 0.15) is 36.8 Å². The fraction of sp³-hybridized carbons (Fsp3) is 0.353. The molecule has 2 atom stereocenters. The first kappa shape index (κ1) is 33.6. The minimum Gasteiger partial charge on any atom is -0.493 e. The Balaban J connectivity index is 1.56. The van der Waals surface area contributed by atoms with Crippen molar-refractivity contribution in [3.63, 3.8) is 0 Å². The Labute approximate surface area is 259 Å². The average Bonchev–Trinajstić information content (AvgIpc) is 3.04. The van der Waals surface area contributed by atoms with Crippen molar-refractivity contribution in [1.82, 2.24) is 10.6 Å². The van der Waals surface area contributed by atoms with Crippen LogP contribution >= 0.6 is 0 Å². The smallest absolute Gasteiger partial charge is 0.244 e. The summed E-state index contributed by atoms with van der Waals surface area (Å²) in [7, 11) is 9.34. The summed E-state index contributed by atoms with van der Waals surface area (Å²) in [5, 5.41) is 6.08. The van der Waals surface area contributed by atoms with E-state index in [2.05, 4.69) is 10.6 Å². The number of methoxy groups -OCH3 is 6. The molecule has 44 heavy (non-hydrogen) atoms. The Bertz CT molecular complexity index is 1240. The number of allylic oxidation sites excluding steroid dienone is 4. The highest BCUT2D eigenvalue weighted by atomic mass is 16.5. The minimum atomic E-state index is -0.227. The molecule has 2 aromatic carbocycles. The maximum absolute atomic E-state index is 12.7. The molecule has 10 heteroatoms. The van der Waals surface area contributed by atoms with Crippen molar-refractivity contribution in [3.8, 4) is 34.5 Å². The molecule has 0 aliphatic heterocycles. The van der Waals surface area contributed by atoms with Gasteiger partial charge in [0.25, 0.3) is 0 Å². The maximum Gasteiger partial charge on any atom is 0.244 e. The SMILES string of the molecule is COc1cc(/C=C/C=C/C(=O)NC2CCCCC2NC(=O)/C=C/C=C/c2cc(OC)c(OC)c(OC)c2)cc(OC)c1OC. The molecule has 10 nitrogen and oxygen atoms in total. The molecule has 2 amide bonds. The van der Waals surface area contributed by atoms with Crippen LogP contribution in [0.3, 0.4) is 0 Å². The van der Waals surface area contributed by atoms with Gasteiger partial charge in [-0.15, -0.1) is 0 Å². The van der Waals surface area contributed by atoms with Crippen LogP contribution in [-0.2, 0) is 9.59 Å². The van der Waals surface area contributed by atoms with Crippen molar-refractivity contribution in [2.45, 2.75) is 37.8 Å². The summed E-state index contributed by atoms with van der Waals surface area (Å²) in [6.45, 7) is 0. The van der Waals surface area contributed by atoms with E-state index in [1.165, 1.54) is 12.2 Å². The molecule has 3 rings (SSSR count). The van der Waals surface area contributed by atoms with Crippen molar-refractivity contribution in [1.29, 1.82) is 0 Å². The molecule has 1 aliphatic carbocycles. The Morgan fingerprint density at radius 1 is 0.568 bits per heavy atom. The predicted octanol–water partition coefficient (Wildman–Crippen LogP) is 5.12. The van der Waals surface area contributed by atoms with E-state index in [4.69, 9.17) is 28.4 Å². The van der Waals surface area contributed by atoms with Gasteiger partial charge in [-0.25, -0.2) is 0 Å². The first-order valence-corrected chi connectivity index (χ1v) is 14.3. The first-order valence-electron chi connectivity index (χ1n) is 14.3. The van der Waals surface area contributed by atoms with E-state index in [0.29, 0.717) is 34.5 Å². The largest absolute Gasteiger partial charge is 0.493 e. The molecule has 0 spiro atoms. The Morgan fingerprint density at radius 3 is 1.20 bits per heavy atom. The van der Waals surface area contributed by atoms with Gasteiger partial charge in [0, 0.05) is 24.2 Å². The van der Waals surface area contributed by atoms with Gasteiger partial charge >= 0.3 is 0 Å². The molecule has 1 fully saturated rings. The predicted molar refractivity (Wildman–Crippen MR) is 171 cm³/mol. The normalized spacial score (nSPS) is 16.8. The van der Waals surface area contributed by atoms with E-state index in [1.807, 2.05) is 36.4 Å². The zero-order chi connectivity index (χ0) is 31.9. The van der Waals surface area contributed by atoms with Crippen LogP contribution in [0.25, 0.3) is 12.2 Å². The molecule has 0 aromatic heterocycles. The number of rotatable bonds is 14. The summed E-state index contributed by atoms with van der Waals surface area (Å²) in [5.74, 6) is 2.75. The quantitative estimate of drug-likeness (QED) is 0.225. The van der Waals surface area contributed by atoms with Gasteiger partial charge in [-0.3, -0.25) is 9.59 Å². The van der Waals surface area contributed by atoms with Crippen LogP contribution in [0.15, 0.2) is 60.7 Å². The summed E-state index contributed by atoms with van der Waals surface area (Å²) >= 11 is 0. The number of hydrogen-bond acceptors (Lipinski definition) is 8. The maximum atomic E-state index is 12.7. The van der Waals surface area contributed by atoms with E-state index >= 15 is 0 Å². The second-order valence-electron chi connectivity index (χ2n) is 9.87. The second-order valence-corrected chi connectivity index (χ2v) is 9.87. The van der Waals surface area contributed by atoms with E-state index in [9.17, 15) is 9.59 Å². The van der Waals surface area contributed by atoms with Crippen molar-refractivity contribution in [3.05, 3.63) is 71.8 Å². The van der Waals surface area contributed by atoms with Crippen molar-refractivity contribution in [2.75, 3.05) is 42.7 Å². The van der Waals surface area contributed by atoms with E-state index < -0.39 is 0 Å². The molecule has 2 N–H and O–H groups in total. The number of hydrogen-bond donors (Lipinski definition) is 2. The van der Waals surface area contributed by atoms with Crippen LogP contribution in [-0.4, -0.2) is 66.6 Å². The zero-order valence-corrected chi connectivity index (χ0v) is 26.2. The van der Waals surface area contributed by atoms with Crippen molar-refractivity contribution < 1.29 is 38.0 Å². The highest BCUT2D eigenvalue weighted by Crippen LogP contribution is 2.39. The summed E-state index contributed by atoms with van der Waals surface area (Å²) in [6, 6.07) is 6.95. The highest BCUT2D eigenvalue weighted by Gasteiger charge is 2.26. The van der Waals surface area contributed by atoms with Crippen LogP contribution in [0, 0.1) is 0 Å². The number of ether oxygens (including phenoxy) is 6. The molecular formula is C34H42N2O8. The molecule has 0 saturated heterocycles. The van der Waals surface area contributed by atoms with Gasteiger partial charge in [0.05, 0.1) is 42.7 Å². The van der Waals surface area contributed by atoms with E-state index in [1.54, 1.807) is 67.0 Å². The number of benzene rings is 2. The van der Waals surface area contributed by atoms with Gasteiger partial charge in [0.15, 0.2) is 23.0 Å². The van der Waals surface area contributed by atoms with Gasteiger partial charge in [0.2, 0.25) is 23.3 Å². The van der Waals surface area contributed by atoms with Gasteiger partial charge < -0.3 is 39.1 Å². The zero-order valence-electron chi connectivity index (χ0n) is 26.2. The molecule has 0 heterocycles. The van der Waals surface area contributed by atoms with Crippen LogP contribution in [0.5, 0.6) is 34.5 Å². The fourth-order valence-electron chi connectivity index (χ4n) is 4.95. The summed E-state index contributed by atoms with van der Waals surface area (Å²) in [4.78, 5) is 25.3. The molecule has 0 bridgehead atoms. The van der Waals surface area contributed by atoms with Gasteiger partial charge in [-0.05, 0) is 48.2 Å².